The van der Waals surface area contributed by atoms with Crippen molar-refractivity contribution in [3.05, 3.63) is 59.9 Å². The number of thiazole rings is 1. The number of pyridine rings is 1. The zero-order valence-corrected chi connectivity index (χ0v) is 14.6. The average Bonchev–Trinajstić information content (AvgIpc) is 3.03. The maximum absolute atomic E-state index is 12.7. The minimum absolute atomic E-state index is 0.262. The number of ether oxygens (including phenoxy) is 1. The first-order chi connectivity index (χ1) is 12.2. The molecule has 25 heavy (non-hydrogen) atoms. The van der Waals surface area contributed by atoms with Crippen molar-refractivity contribution in [2.45, 2.75) is 6.92 Å². The number of hydrogen-bond acceptors (Lipinski definition) is 5. The maximum atomic E-state index is 12.7. The second kappa shape index (κ2) is 6.14. The summed E-state index contributed by atoms with van der Waals surface area (Å²) in [7, 11) is 1.62. The highest BCUT2D eigenvalue weighted by Crippen LogP contribution is 2.30. The third-order valence-corrected chi connectivity index (χ3v) is 4.96. The van der Waals surface area contributed by atoms with Crippen molar-refractivity contribution in [3.8, 4) is 5.75 Å². The standard InChI is InChI=1S/C19H15N3O2S/c1-11-10-20-17(14-6-4-3-5-13(11)14)18(23)22-19-21-15-8-7-12(24-2)9-16(15)25-19/h3-10H,1-2H3,(H,21,22,23). The number of fused-ring (bicyclic) bond motifs is 2. The van der Waals surface area contributed by atoms with Gasteiger partial charge in [-0.15, -0.1) is 0 Å². The number of carbonyl (C=O) groups is 1. The Morgan fingerprint density at radius 2 is 1.96 bits per heavy atom. The summed E-state index contributed by atoms with van der Waals surface area (Å²) in [6.07, 6.45) is 1.72. The Morgan fingerprint density at radius 1 is 1.16 bits per heavy atom. The number of aromatic nitrogens is 2. The fourth-order valence-corrected chi connectivity index (χ4v) is 3.65. The van der Waals surface area contributed by atoms with Crippen LogP contribution in [-0.2, 0) is 0 Å². The van der Waals surface area contributed by atoms with Gasteiger partial charge in [0.25, 0.3) is 5.91 Å². The molecule has 0 fully saturated rings. The summed E-state index contributed by atoms with van der Waals surface area (Å²) in [6, 6.07) is 13.4. The van der Waals surface area contributed by atoms with Crippen molar-refractivity contribution in [2.24, 2.45) is 0 Å². The number of rotatable bonds is 3. The van der Waals surface area contributed by atoms with E-state index < -0.39 is 0 Å². The van der Waals surface area contributed by atoms with Crippen LogP contribution in [0.1, 0.15) is 16.1 Å². The predicted octanol–water partition coefficient (Wildman–Crippen LogP) is 4.41. The number of benzene rings is 2. The Morgan fingerprint density at radius 3 is 2.76 bits per heavy atom. The van der Waals surface area contributed by atoms with Gasteiger partial charge in [-0.2, -0.15) is 0 Å². The van der Waals surface area contributed by atoms with Crippen LogP contribution < -0.4 is 10.1 Å². The highest BCUT2D eigenvalue weighted by Gasteiger charge is 2.15. The molecule has 0 aliphatic rings. The van der Waals surface area contributed by atoms with Crippen LogP contribution in [0.4, 0.5) is 5.13 Å². The lowest BCUT2D eigenvalue weighted by molar-refractivity contribution is 0.102. The first-order valence-electron chi connectivity index (χ1n) is 7.76. The van der Waals surface area contributed by atoms with E-state index in [1.165, 1.54) is 11.3 Å². The maximum Gasteiger partial charge on any atom is 0.276 e. The van der Waals surface area contributed by atoms with Crippen LogP contribution in [0.15, 0.2) is 48.7 Å². The molecule has 5 nitrogen and oxygen atoms in total. The number of amides is 1. The number of nitrogens with zero attached hydrogens (tertiary/aromatic N) is 2. The Balaban J connectivity index is 1.70. The highest BCUT2D eigenvalue weighted by molar-refractivity contribution is 7.22. The molecular weight excluding hydrogens is 334 g/mol. The molecule has 0 aliphatic heterocycles. The molecule has 0 saturated heterocycles. The molecule has 0 radical (unpaired) electrons. The SMILES string of the molecule is COc1ccc2nc(NC(=O)c3ncc(C)c4ccccc34)sc2c1. The number of anilines is 1. The topological polar surface area (TPSA) is 64.1 Å². The van der Waals surface area contributed by atoms with Crippen LogP contribution in [0.2, 0.25) is 0 Å². The molecule has 0 spiro atoms. The minimum Gasteiger partial charge on any atom is -0.497 e. The van der Waals surface area contributed by atoms with Gasteiger partial charge < -0.3 is 4.74 Å². The fourth-order valence-electron chi connectivity index (χ4n) is 2.76. The molecule has 2 heterocycles. The number of aryl methyl sites for hydroxylation is 1. The molecule has 4 rings (SSSR count). The van der Waals surface area contributed by atoms with Gasteiger partial charge in [-0.25, -0.2) is 4.98 Å². The van der Waals surface area contributed by atoms with E-state index in [0.717, 1.165) is 32.3 Å². The highest BCUT2D eigenvalue weighted by atomic mass is 32.1. The second-order valence-electron chi connectivity index (χ2n) is 5.64. The van der Waals surface area contributed by atoms with Gasteiger partial charge in [0.2, 0.25) is 0 Å². The second-order valence-corrected chi connectivity index (χ2v) is 6.67. The van der Waals surface area contributed by atoms with E-state index in [2.05, 4.69) is 15.3 Å². The summed E-state index contributed by atoms with van der Waals surface area (Å²) in [5, 5.41) is 5.26. The van der Waals surface area contributed by atoms with E-state index in [9.17, 15) is 4.79 Å². The lowest BCUT2D eigenvalue weighted by Gasteiger charge is -2.07. The zero-order chi connectivity index (χ0) is 17.4. The van der Waals surface area contributed by atoms with E-state index in [1.54, 1.807) is 13.3 Å². The number of methoxy groups -OCH3 is 1. The Labute approximate surface area is 148 Å². The van der Waals surface area contributed by atoms with Crippen LogP contribution in [0, 0.1) is 6.92 Å². The number of hydrogen-bond donors (Lipinski definition) is 1. The van der Waals surface area contributed by atoms with E-state index in [4.69, 9.17) is 4.74 Å². The summed E-state index contributed by atoms with van der Waals surface area (Å²) < 4.78 is 6.18. The normalized spacial score (nSPS) is 11.0. The molecule has 0 bridgehead atoms. The summed E-state index contributed by atoms with van der Waals surface area (Å²) in [6.45, 7) is 1.98. The fraction of sp³-hybridized carbons (Fsp3) is 0.105. The van der Waals surface area contributed by atoms with E-state index in [1.807, 2.05) is 49.4 Å². The largest absolute Gasteiger partial charge is 0.497 e. The van der Waals surface area contributed by atoms with Crippen LogP contribution in [0.3, 0.4) is 0 Å². The van der Waals surface area contributed by atoms with Crippen molar-refractivity contribution < 1.29 is 9.53 Å². The molecule has 2 aromatic carbocycles. The quantitative estimate of drug-likeness (QED) is 0.595. The average molecular weight is 349 g/mol. The van der Waals surface area contributed by atoms with Gasteiger partial charge in [0.15, 0.2) is 5.13 Å². The molecule has 4 aromatic rings. The van der Waals surface area contributed by atoms with Crippen LogP contribution >= 0.6 is 11.3 Å². The van der Waals surface area contributed by atoms with Crippen LogP contribution in [0.25, 0.3) is 21.0 Å². The van der Waals surface area contributed by atoms with Crippen LogP contribution in [-0.4, -0.2) is 23.0 Å². The monoisotopic (exact) mass is 349 g/mol. The third kappa shape index (κ3) is 2.81. The van der Waals surface area contributed by atoms with E-state index >= 15 is 0 Å². The molecule has 0 aliphatic carbocycles. The summed E-state index contributed by atoms with van der Waals surface area (Å²) >= 11 is 1.41. The van der Waals surface area contributed by atoms with Gasteiger partial charge in [0.1, 0.15) is 11.4 Å². The summed E-state index contributed by atoms with van der Waals surface area (Å²) in [5.74, 6) is 0.502. The molecule has 1 N–H and O–H groups in total. The van der Waals surface area contributed by atoms with Crippen molar-refractivity contribution in [2.75, 3.05) is 12.4 Å². The smallest absolute Gasteiger partial charge is 0.276 e. The first kappa shape index (κ1) is 15.5. The Hall–Kier alpha value is -2.99. The van der Waals surface area contributed by atoms with Gasteiger partial charge in [-0.3, -0.25) is 15.1 Å². The summed E-state index contributed by atoms with van der Waals surface area (Å²) in [5.41, 5.74) is 2.26. The molecule has 2 aromatic heterocycles. The molecule has 0 saturated carbocycles. The molecular formula is C19H15N3O2S. The first-order valence-corrected chi connectivity index (χ1v) is 8.57. The third-order valence-electron chi connectivity index (χ3n) is 4.03. The Kier molecular flexibility index (Phi) is 3.82. The predicted molar refractivity (Wildman–Crippen MR) is 101 cm³/mol. The number of nitrogens with one attached hydrogen (secondary N) is 1. The molecule has 6 heteroatoms. The van der Waals surface area contributed by atoms with Gasteiger partial charge in [0, 0.05) is 11.6 Å². The lowest BCUT2D eigenvalue weighted by Crippen LogP contribution is -2.14. The lowest BCUT2D eigenvalue weighted by atomic mass is 10.1. The van der Waals surface area contributed by atoms with Crippen LogP contribution in [0.5, 0.6) is 5.75 Å². The van der Waals surface area contributed by atoms with Crippen molar-refractivity contribution >= 4 is 43.4 Å². The van der Waals surface area contributed by atoms with Gasteiger partial charge in [-0.1, -0.05) is 35.6 Å². The molecule has 1 amide bonds. The van der Waals surface area contributed by atoms with E-state index in [-0.39, 0.29) is 5.91 Å². The van der Waals surface area contributed by atoms with Gasteiger partial charge in [-0.05, 0) is 36.1 Å². The number of carbonyl (C=O) groups excluding carboxylic acids is 1. The van der Waals surface area contributed by atoms with Crippen molar-refractivity contribution in [1.29, 1.82) is 0 Å². The zero-order valence-electron chi connectivity index (χ0n) is 13.7. The van der Waals surface area contributed by atoms with E-state index in [0.29, 0.717) is 10.8 Å². The Bertz CT molecular complexity index is 1100. The van der Waals surface area contributed by atoms with Crippen molar-refractivity contribution in [3.63, 3.8) is 0 Å². The molecule has 0 unspecified atom stereocenters. The summed E-state index contributed by atoms with van der Waals surface area (Å²) in [4.78, 5) is 21.5. The van der Waals surface area contributed by atoms with Gasteiger partial charge in [0.05, 0.1) is 17.3 Å². The molecule has 124 valence electrons. The minimum atomic E-state index is -0.262. The molecule has 0 atom stereocenters. The van der Waals surface area contributed by atoms with Gasteiger partial charge >= 0.3 is 0 Å². The van der Waals surface area contributed by atoms with Crippen molar-refractivity contribution in [1.82, 2.24) is 9.97 Å².